The first-order valence-corrected chi connectivity index (χ1v) is 12.1. The van der Waals surface area contributed by atoms with Gasteiger partial charge in [-0.15, -0.1) is 0 Å². The quantitative estimate of drug-likeness (QED) is 0.322. The minimum absolute atomic E-state index is 0.194. The Kier molecular flexibility index (Phi) is 6.98. The summed E-state index contributed by atoms with van der Waals surface area (Å²) in [6.07, 6.45) is 1.64. The van der Waals surface area contributed by atoms with Gasteiger partial charge in [-0.25, -0.2) is 9.18 Å². The summed E-state index contributed by atoms with van der Waals surface area (Å²) in [6, 6.07) is 22.9. The highest BCUT2D eigenvalue weighted by Crippen LogP contribution is 2.38. The van der Waals surface area contributed by atoms with Gasteiger partial charge in [0.1, 0.15) is 11.6 Å². The van der Waals surface area contributed by atoms with Crippen LogP contribution in [0.5, 0.6) is 5.75 Å². The fourth-order valence-electron chi connectivity index (χ4n) is 4.53. The molecule has 0 radical (unpaired) electrons. The van der Waals surface area contributed by atoms with Crippen LogP contribution in [-0.4, -0.2) is 34.7 Å². The van der Waals surface area contributed by atoms with Crippen LogP contribution in [0, 0.1) is 5.82 Å². The molecule has 1 N–H and O–H groups in total. The summed E-state index contributed by atoms with van der Waals surface area (Å²) in [7, 11) is 1.60. The van der Waals surface area contributed by atoms with E-state index in [2.05, 4.69) is 27.6 Å². The molecule has 1 aliphatic rings. The maximum atomic E-state index is 13.4. The van der Waals surface area contributed by atoms with Crippen molar-refractivity contribution in [2.75, 3.05) is 13.7 Å². The van der Waals surface area contributed by atoms with Crippen molar-refractivity contribution >= 4 is 11.6 Å². The molecule has 0 saturated carbocycles. The SMILES string of the molecule is COc1cccc(C2NC(=O)N(CCCc3ccccc3)C(C)=C2c2nc(-c3ccc(F)cc3)no2)c1. The molecule has 3 aromatic carbocycles. The number of hydrogen-bond acceptors (Lipinski definition) is 5. The van der Waals surface area contributed by atoms with Crippen molar-refractivity contribution in [2.24, 2.45) is 0 Å². The summed E-state index contributed by atoms with van der Waals surface area (Å²) in [6.45, 7) is 2.42. The maximum Gasteiger partial charge on any atom is 0.322 e. The monoisotopic (exact) mass is 498 g/mol. The lowest BCUT2D eigenvalue weighted by molar-refractivity contribution is 0.204. The molecule has 5 rings (SSSR count). The van der Waals surface area contributed by atoms with Crippen molar-refractivity contribution in [1.29, 1.82) is 0 Å². The number of urea groups is 1. The molecule has 1 aromatic heterocycles. The van der Waals surface area contributed by atoms with Gasteiger partial charge in [-0.2, -0.15) is 4.98 Å². The first-order chi connectivity index (χ1) is 18.0. The smallest absolute Gasteiger partial charge is 0.322 e. The van der Waals surface area contributed by atoms with Crippen LogP contribution in [0.2, 0.25) is 0 Å². The Morgan fingerprint density at radius 2 is 1.84 bits per heavy atom. The fraction of sp³-hybridized carbons (Fsp3) is 0.207. The van der Waals surface area contributed by atoms with E-state index in [-0.39, 0.29) is 17.7 Å². The molecule has 1 aliphatic heterocycles. The number of aryl methyl sites for hydroxylation is 1. The molecule has 2 amide bonds. The van der Waals surface area contributed by atoms with Crippen molar-refractivity contribution in [3.63, 3.8) is 0 Å². The number of ether oxygens (including phenoxy) is 1. The zero-order valence-electron chi connectivity index (χ0n) is 20.6. The Morgan fingerprint density at radius 3 is 2.59 bits per heavy atom. The average molecular weight is 499 g/mol. The Balaban J connectivity index is 1.50. The molecule has 188 valence electrons. The summed E-state index contributed by atoms with van der Waals surface area (Å²) < 4.78 is 24.5. The number of amides is 2. The van der Waals surface area contributed by atoms with Gasteiger partial charge >= 0.3 is 6.03 Å². The van der Waals surface area contributed by atoms with Crippen LogP contribution >= 0.6 is 0 Å². The summed E-state index contributed by atoms with van der Waals surface area (Å²) in [5.41, 5.74) is 4.11. The lowest BCUT2D eigenvalue weighted by Crippen LogP contribution is -2.46. The first-order valence-electron chi connectivity index (χ1n) is 12.1. The van der Waals surface area contributed by atoms with E-state index in [1.54, 1.807) is 24.1 Å². The van der Waals surface area contributed by atoms with Crippen molar-refractivity contribution in [3.05, 3.63) is 107 Å². The standard InChI is InChI=1S/C29H27FN4O3/c1-19-25(28-32-27(33-37-28)21-13-15-23(30)16-14-21)26(22-11-6-12-24(18-22)36-2)31-29(35)34(19)17-7-10-20-8-4-3-5-9-20/h3-6,8-9,11-16,18,26H,7,10,17H2,1-2H3,(H,31,35). The molecule has 4 aromatic rings. The largest absolute Gasteiger partial charge is 0.497 e. The molecule has 0 aliphatic carbocycles. The summed E-state index contributed by atoms with van der Waals surface area (Å²) >= 11 is 0. The number of carbonyl (C=O) groups excluding carboxylic acids is 1. The highest BCUT2D eigenvalue weighted by Gasteiger charge is 2.35. The lowest BCUT2D eigenvalue weighted by Gasteiger charge is -2.35. The Labute approximate surface area is 214 Å². The number of carbonyl (C=O) groups is 1. The second kappa shape index (κ2) is 10.7. The number of rotatable bonds is 8. The summed E-state index contributed by atoms with van der Waals surface area (Å²) in [5, 5.41) is 7.25. The number of allylic oxidation sites excluding steroid dienone is 1. The van der Waals surface area contributed by atoms with Crippen LogP contribution in [0.3, 0.4) is 0 Å². The van der Waals surface area contributed by atoms with Gasteiger partial charge in [0.15, 0.2) is 0 Å². The average Bonchev–Trinajstić information content (AvgIpc) is 3.41. The molecule has 1 atom stereocenters. The zero-order valence-corrected chi connectivity index (χ0v) is 20.6. The second-order valence-electron chi connectivity index (χ2n) is 8.83. The third-order valence-electron chi connectivity index (χ3n) is 6.47. The minimum atomic E-state index is -0.519. The van der Waals surface area contributed by atoms with E-state index in [0.717, 1.165) is 24.1 Å². The lowest BCUT2D eigenvalue weighted by atomic mass is 9.94. The molecule has 0 bridgehead atoms. The van der Waals surface area contributed by atoms with E-state index >= 15 is 0 Å². The number of hydrogen-bond donors (Lipinski definition) is 1. The Morgan fingerprint density at radius 1 is 1.05 bits per heavy atom. The second-order valence-corrected chi connectivity index (χ2v) is 8.83. The summed E-state index contributed by atoms with van der Waals surface area (Å²) in [5.74, 6) is 0.960. The molecular weight excluding hydrogens is 471 g/mol. The molecule has 0 spiro atoms. The molecule has 2 heterocycles. The first kappa shape index (κ1) is 24.2. The number of benzene rings is 3. The molecule has 8 heteroatoms. The minimum Gasteiger partial charge on any atom is -0.497 e. The number of nitrogens with zero attached hydrogens (tertiary/aromatic N) is 3. The maximum absolute atomic E-state index is 13.4. The summed E-state index contributed by atoms with van der Waals surface area (Å²) in [4.78, 5) is 19.6. The Bertz CT molecular complexity index is 1420. The third-order valence-corrected chi connectivity index (χ3v) is 6.47. The van der Waals surface area contributed by atoms with Gasteiger partial charge in [0.05, 0.1) is 18.7 Å². The van der Waals surface area contributed by atoms with E-state index < -0.39 is 6.04 Å². The normalized spacial score (nSPS) is 15.6. The molecule has 37 heavy (non-hydrogen) atoms. The number of halogens is 1. The van der Waals surface area contributed by atoms with E-state index in [4.69, 9.17) is 9.26 Å². The van der Waals surface area contributed by atoms with Crippen LogP contribution in [0.15, 0.2) is 89.1 Å². The highest BCUT2D eigenvalue weighted by atomic mass is 19.1. The van der Waals surface area contributed by atoms with Crippen LogP contribution in [-0.2, 0) is 6.42 Å². The van der Waals surface area contributed by atoms with E-state index in [1.807, 2.05) is 49.4 Å². The topological polar surface area (TPSA) is 80.5 Å². The van der Waals surface area contributed by atoms with Crippen LogP contribution < -0.4 is 10.1 Å². The van der Waals surface area contributed by atoms with Crippen LogP contribution in [0.25, 0.3) is 17.0 Å². The van der Waals surface area contributed by atoms with E-state index in [1.165, 1.54) is 17.7 Å². The number of aromatic nitrogens is 2. The van der Waals surface area contributed by atoms with Crippen molar-refractivity contribution in [3.8, 4) is 17.1 Å². The third kappa shape index (κ3) is 5.23. The van der Waals surface area contributed by atoms with Gasteiger partial charge in [-0.1, -0.05) is 47.6 Å². The van der Waals surface area contributed by atoms with Crippen molar-refractivity contribution in [1.82, 2.24) is 20.4 Å². The van der Waals surface area contributed by atoms with Crippen LogP contribution in [0.1, 0.15) is 36.4 Å². The van der Waals surface area contributed by atoms with Gasteiger partial charge in [0.25, 0.3) is 5.89 Å². The van der Waals surface area contributed by atoms with E-state index in [0.29, 0.717) is 29.3 Å². The molecule has 0 saturated heterocycles. The predicted octanol–water partition coefficient (Wildman–Crippen LogP) is 6.01. The number of nitrogens with one attached hydrogen (secondary N) is 1. The van der Waals surface area contributed by atoms with Crippen molar-refractivity contribution in [2.45, 2.75) is 25.8 Å². The Hall–Kier alpha value is -4.46. The predicted molar refractivity (Wildman–Crippen MR) is 138 cm³/mol. The van der Waals surface area contributed by atoms with Crippen LogP contribution in [0.4, 0.5) is 9.18 Å². The van der Waals surface area contributed by atoms with Gasteiger partial charge in [0.2, 0.25) is 5.82 Å². The molecular formula is C29H27FN4O3. The van der Waals surface area contributed by atoms with Gasteiger partial charge in [0, 0.05) is 17.8 Å². The van der Waals surface area contributed by atoms with Gasteiger partial charge in [-0.3, -0.25) is 4.90 Å². The number of methoxy groups -OCH3 is 1. The van der Waals surface area contributed by atoms with Gasteiger partial charge in [-0.05, 0) is 67.3 Å². The van der Waals surface area contributed by atoms with Crippen molar-refractivity contribution < 1.29 is 18.4 Å². The molecule has 1 unspecified atom stereocenters. The molecule has 7 nitrogen and oxygen atoms in total. The molecule has 0 fully saturated rings. The zero-order chi connectivity index (χ0) is 25.8. The van der Waals surface area contributed by atoms with E-state index in [9.17, 15) is 9.18 Å². The highest BCUT2D eigenvalue weighted by molar-refractivity contribution is 5.87. The van der Waals surface area contributed by atoms with Gasteiger partial charge < -0.3 is 14.6 Å². The fourth-order valence-corrected chi connectivity index (χ4v) is 4.53.